The van der Waals surface area contributed by atoms with E-state index in [0.717, 1.165) is 5.82 Å². The van der Waals surface area contributed by atoms with Gasteiger partial charge in [0.2, 0.25) is 0 Å². The summed E-state index contributed by atoms with van der Waals surface area (Å²) in [6.07, 6.45) is 3.51. The molecule has 19 heavy (non-hydrogen) atoms. The fourth-order valence-electron chi connectivity index (χ4n) is 1.59. The summed E-state index contributed by atoms with van der Waals surface area (Å²) in [5, 5.41) is 5.99. The topological polar surface area (TPSA) is 72.5 Å². The molecule has 2 rings (SSSR count). The van der Waals surface area contributed by atoms with Gasteiger partial charge >= 0.3 is 0 Å². The first-order chi connectivity index (χ1) is 9.22. The number of ether oxygens (including phenoxy) is 2. The summed E-state index contributed by atoms with van der Waals surface area (Å²) in [4.78, 5) is 16.1. The van der Waals surface area contributed by atoms with Crippen molar-refractivity contribution in [1.29, 1.82) is 0 Å². The lowest BCUT2D eigenvalue weighted by atomic mass is 10.2. The number of anilines is 1. The average molecular weight is 265 g/mol. The molecule has 2 N–H and O–H groups in total. The van der Waals surface area contributed by atoms with Crippen molar-refractivity contribution in [3.05, 3.63) is 23.9 Å². The summed E-state index contributed by atoms with van der Waals surface area (Å²) in [5.41, 5.74) is 0.521. The number of methoxy groups -OCH3 is 2. The second kappa shape index (κ2) is 6.49. The molecule has 0 radical (unpaired) electrons. The van der Waals surface area contributed by atoms with Crippen molar-refractivity contribution in [2.75, 3.05) is 26.1 Å². The zero-order valence-electron chi connectivity index (χ0n) is 11.2. The normalized spacial score (nSPS) is 14.5. The average Bonchev–Trinajstić information content (AvgIpc) is 3.24. The SMILES string of the molecule is COC(CNC(=O)c1ccc(NC2CC2)nc1)OC. The third kappa shape index (κ3) is 4.18. The highest BCUT2D eigenvalue weighted by Gasteiger charge is 2.21. The third-order valence-electron chi connectivity index (χ3n) is 2.91. The van der Waals surface area contributed by atoms with Crippen LogP contribution < -0.4 is 10.6 Å². The molecular formula is C13H19N3O3. The minimum atomic E-state index is -0.437. The Balaban J connectivity index is 1.84. The van der Waals surface area contributed by atoms with Gasteiger partial charge in [-0.05, 0) is 25.0 Å². The minimum absolute atomic E-state index is 0.190. The standard InChI is InChI=1S/C13H19N3O3/c1-18-12(19-2)8-15-13(17)9-3-6-11(14-7-9)16-10-4-5-10/h3,6-7,10,12H,4-5,8H2,1-2H3,(H,14,16)(H,15,17). The van der Waals surface area contributed by atoms with E-state index >= 15 is 0 Å². The van der Waals surface area contributed by atoms with Crippen LogP contribution in [0.15, 0.2) is 18.3 Å². The van der Waals surface area contributed by atoms with Gasteiger partial charge in [-0.25, -0.2) is 4.98 Å². The summed E-state index contributed by atoms with van der Waals surface area (Å²) >= 11 is 0. The highest BCUT2D eigenvalue weighted by atomic mass is 16.7. The van der Waals surface area contributed by atoms with Gasteiger partial charge in [0, 0.05) is 26.5 Å². The van der Waals surface area contributed by atoms with Crippen LogP contribution in [0.2, 0.25) is 0 Å². The molecule has 1 aliphatic carbocycles. The molecular weight excluding hydrogens is 246 g/mol. The lowest BCUT2D eigenvalue weighted by molar-refractivity contribution is -0.0974. The van der Waals surface area contributed by atoms with Gasteiger partial charge in [0.15, 0.2) is 6.29 Å². The number of carbonyl (C=O) groups is 1. The second-order valence-corrected chi connectivity index (χ2v) is 4.46. The predicted octanol–water partition coefficient (Wildman–Crippen LogP) is 1.00. The molecule has 1 aromatic heterocycles. The Morgan fingerprint density at radius 2 is 2.16 bits per heavy atom. The Morgan fingerprint density at radius 1 is 1.42 bits per heavy atom. The summed E-state index contributed by atoms with van der Waals surface area (Å²) in [6, 6.07) is 4.12. The van der Waals surface area contributed by atoms with Gasteiger partial charge in [-0.15, -0.1) is 0 Å². The lowest BCUT2D eigenvalue weighted by Crippen LogP contribution is -2.34. The van der Waals surface area contributed by atoms with Gasteiger partial charge in [0.25, 0.3) is 5.91 Å². The fraction of sp³-hybridized carbons (Fsp3) is 0.538. The highest BCUT2D eigenvalue weighted by Crippen LogP contribution is 2.23. The Labute approximate surface area is 112 Å². The van der Waals surface area contributed by atoms with Crippen LogP contribution in [0.3, 0.4) is 0 Å². The van der Waals surface area contributed by atoms with Crippen LogP contribution in [0, 0.1) is 0 Å². The van der Waals surface area contributed by atoms with Gasteiger partial charge in [0.05, 0.1) is 12.1 Å². The van der Waals surface area contributed by atoms with E-state index in [0.29, 0.717) is 18.2 Å². The molecule has 1 heterocycles. The molecule has 0 spiro atoms. The van der Waals surface area contributed by atoms with Gasteiger partial charge in [-0.2, -0.15) is 0 Å². The number of amides is 1. The summed E-state index contributed by atoms with van der Waals surface area (Å²) in [5.74, 6) is 0.621. The predicted molar refractivity (Wildman–Crippen MR) is 71.0 cm³/mol. The molecule has 6 nitrogen and oxygen atoms in total. The van der Waals surface area contributed by atoms with E-state index in [4.69, 9.17) is 9.47 Å². The molecule has 0 aliphatic heterocycles. The van der Waals surface area contributed by atoms with E-state index in [2.05, 4.69) is 15.6 Å². The molecule has 1 amide bonds. The second-order valence-electron chi connectivity index (χ2n) is 4.46. The summed E-state index contributed by atoms with van der Waals surface area (Å²) < 4.78 is 9.99. The maximum atomic E-state index is 11.8. The Morgan fingerprint density at radius 3 is 2.68 bits per heavy atom. The van der Waals surface area contributed by atoms with Crippen molar-refractivity contribution in [1.82, 2.24) is 10.3 Å². The monoisotopic (exact) mass is 265 g/mol. The number of rotatable bonds is 7. The highest BCUT2D eigenvalue weighted by molar-refractivity contribution is 5.94. The first-order valence-corrected chi connectivity index (χ1v) is 6.29. The van der Waals surface area contributed by atoms with Crippen molar-refractivity contribution < 1.29 is 14.3 Å². The fourth-order valence-corrected chi connectivity index (χ4v) is 1.59. The summed E-state index contributed by atoms with van der Waals surface area (Å²) in [6.45, 7) is 0.300. The molecule has 0 bridgehead atoms. The first kappa shape index (κ1) is 13.8. The molecule has 1 fully saturated rings. The Hall–Kier alpha value is -1.66. The van der Waals surface area contributed by atoms with Crippen LogP contribution in [0.1, 0.15) is 23.2 Å². The molecule has 1 aliphatic rings. The van der Waals surface area contributed by atoms with Gasteiger partial charge in [0.1, 0.15) is 5.82 Å². The van der Waals surface area contributed by atoms with Crippen LogP contribution in [0.4, 0.5) is 5.82 Å². The molecule has 0 saturated heterocycles. The summed E-state index contributed by atoms with van der Waals surface area (Å²) in [7, 11) is 3.06. The van der Waals surface area contributed by atoms with Crippen LogP contribution in [0.25, 0.3) is 0 Å². The van der Waals surface area contributed by atoms with Crippen molar-refractivity contribution in [2.24, 2.45) is 0 Å². The van der Waals surface area contributed by atoms with Crippen molar-refractivity contribution in [3.8, 4) is 0 Å². The minimum Gasteiger partial charge on any atom is -0.367 e. The number of aromatic nitrogens is 1. The van der Waals surface area contributed by atoms with Crippen LogP contribution in [0.5, 0.6) is 0 Å². The Kier molecular flexibility index (Phi) is 4.70. The molecule has 0 unspecified atom stereocenters. The zero-order chi connectivity index (χ0) is 13.7. The lowest BCUT2D eigenvalue weighted by Gasteiger charge is -2.14. The van der Waals surface area contributed by atoms with Crippen molar-refractivity contribution in [2.45, 2.75) is 25.2 Å². The molecule has 0 atom stereocenters. The van der Waals surface area contributed by atoms with Crippen LogP contribution >= 0.6 is 0 Å². The maximum absolute atomic E-state index is 11.8. The Bertz CT molecular complexity index is 414. The van der Waals surface area contributed by atoms with Gasteiger partial charge in [-0.1, -0.05) is 0 Å². The molecule has 1 saturated carbocycles. The van der Waals surface area contributed by atoms with E-state index in [9.17, 15) is 4.79 Å². The smallest absolute Gasteiger partial charge is 0.253 e. The van der Waals surface area contributed by atoms with Crippen LogP contribution in [-0.2, 0) is 9.47 Å². The maximum Gasteiger partial charge on any atom is 0.253 e. The van der Waals surface area contributed by atoms with E-state index in [1.165, 1.54) is 27.1 Å². The quantitative estimate of drug-likeness (QED) is 0.720. The molecule has 6 heteroatoms. The number of pyridine rings is 1. The van der Waals surface area contributed by atoms with E-state index in [1.807, 2.05) is 6.07 Å². The number of nitrogens with one attached hydrogen (secondary N) is 2. The zero-order valence-corrected chi connectivity index (χ0v) is 11.2. The number of carbonyl (C=O) groups excluding carboxylic acids is 1. The number of nitrogens with zero attached hydrogens (tertiary/aromatic N) is 1. The first-order valence-electron chi connectivity index (χ1n) is 6.29. The molecule has 104 valence electrons. The third-order valence-corrected chi connectivity index (χ3v) is 2.91. The number of hydrogen-bond donors (Lipinski definition) is 2. The largest absolute Gasteiger partial charge is 0.367 e. The molecule has 0 aromatic carbocycles. The van der Waals surface area contributed by atoms with E-state index < -0.39 is 6.29 Å². The van der Waals surface area contributed by atoms with Crippen LogP contribution in [-0.4, -0.2) is 44.0 Å². The van der Waals surface area contributed by atoms with Crippen molar-refractivity contribution >= 4 is 11.7 Å². The number of hydrogen-bond acceptors (Lipinski definition) is 5. The molecule has 1 aromatic rings. The van der Waals surface area contributed by atoms with Gasteiger partial charge in [-0.3, -0.25) is 4.79 Å². The van der Waals surface area contributed by atoms with E-state index in [-0.39, 0.29) is 5.91 Å². The van der Waals surface area contributed by atoms with E-state index in [1.54, 1.807) is 12.3 Å². The van der Waals surface area contributed by atoms with Crippen molar-refractivity contribution in [3.63, 3.8) is 0 Å². The van der Waals surface area contributed by atoms with Gasteiger partial charge < -0.3 is 20.1 Å².